The van der Waals surface area contributed by atoms with E-state index in [0.29, 0.717) is 5.02 Å². The number of amides is 1. The van der Waals surface area contributed by atoms with Gasteiger partial charge < -0.3 is 11.5 Å². The number of nitrogens with two attached hydrogens (primary N) is 2. The highest BCUT2D eigenvalue weighted by Gasteiger charge is 2.56. The Morgan fingerprint density at radius 3 is 2.53 bits per heavy atom. The van der Waals surface area contributed by atoms with Gasteiger partial charge in [0.2, 0.25) is 0 Å². The zero-order chi connectivity index (χ0) is 12.6. The van der Waals surface area contributed by atoms with Crippen LogP contribution >= 0.6 is 11.6 Å². The number of guanidine groups is 1. The van der Waals surface area contributed by atoms with Crippen LogP contribution in [0.1, 0.15) is 24.8 Å². The summed E-state index contributed by atoms with van der Waals surface area (Å²) in [5.74, 6) is -0.259. The third-order valence-corrected chi connectivity index (χ3v) is 3.48. The number of aliphatic imine (C=N–C) groups is 1. The molecule has 2 atom stereocenters. The molecule has 0 aliphatic heterocycles. The van der Waals surface area contributed by atoms with Gasteiger partial charge in [0.05, 0.1) is 5.41 Å². The molecule has 1 aromatic rings. The number of benzene rings is 1. The van der Waals surface area contributed by atoms with Gasteiger partial charge in [-0.05, 0) is 30.0 Å². The average molecular weight is 252 g/mol. The number of hydrogen-bond donors (Lipinski definition) is 2. The smallest absolute Gasteiger partial charge is 0.255 e. The van der Waals surface area contributed by atoms with Crippen LogP contribution in [0.25, 0.3) is 0 Å². The first-order chi connectivity index (χ1) is 7.93. The Bertz CT molecular complexity index is 479. The van der Waals surface area contributed by atoms with Crippen LogP contribution in [0.4, 0.5) is 0 Å². The Morgan fingerprint density at radius 2 is 2.00 bits per heavy atom. The molecule has 1 aliphatic rings. The number of hydrogen-bond acceptors (Lipinski definition) is 1. The first-order valence-corrected chi connectivity index (χ1v) is 5.71. The number of carbonyl (C=O) groups excluding carboxylic acids is 1. The molecule has 4 nitrogen and oxygen atoms in total. The van der Waals surface area contributed by atoms with Crippen LogP contribution in [-0.2, 0) is 4.79 Å². The van der Waals surface area contributed by atoms with Gasteiger partial charge in [-0.25, -0.2) is 0 Å². The summed E-state index contributed by atoms with van der Waals surface area (Å²) in [6, 6.07) is 7.50. The second kappa shape index (κ2) is 4.04. The van der Waals surface area contributed by atoms with Crippen LogP contribution in [0.3, 0.4) is 0 Å². The number of carbonyl (C=O) groups is 1. The lowest BCUT2D eigenvalue weighted by Crippen LogP contribution is -2.26. The molecule has 0 aromatic heterocycles. The standard InChI is InChI=1S/C12H14ClN3O/c1-12(10(17)16-11(14)15)6-9(12)7-2-4-8(13)5-3-7/h2-5,9H,6H2,1H3,(H4,14,15,16,17). The van der Waals surface area contributed by atoms with Gasteiger partial charge in [-0.2, -0.15) is 4.99 Å². The molecule has 5 heteroatoms. The molecule has 0 saturated heterocycles. The monoisotopic (exact) mass is 251 g/mol. The van der Waals surface area contributed by atoms with E-state index >= 15 is 0 Å². The van der Waals surface area contributed by atoms with Gasteiger partial charge in [-0.3, -0.25) is 4.79 Å². The van der Waals surface area contributed by atoms with Crippen LogP contribution in [0, 0.1) is 5.41 Å². The summed E-state index contributed by atoms with van der Waals surface area (Å²) >= 11 is 5.82. The molecule has 2 rings (SSSR count). The van der Waals surface area contributed by atoms with Crippen molar-refractivity contribution in [2.75, 3.05) is 0 Å². The predicted molar refractivity (Wildman–Crippen MR) is 67.7 cm³/mol. The van der Waals surface area contributed by atoms with Crippen molar-refractivity contribution >= 4 is 23.5 Å². The minimum Gasteiger partial charge on any atom is -0.370 e. The lowest BCUT2D eigenvalue weighted by molar-refractivity contribution is -0.122. The summed E-state index contributed by atoms with van der Waals surface area (Å²) in [5, 5.41) is 0.687. The van der Waals surface area contributed by atoms with E-state index in [0.717, 1.165) is 12.0 Å². The minimum atomic E-state index is -0.474. The van der Waals surface area contributed by atoms with Gasteiger partial charge in [-0.1, -0.05) is 30.7 Å². The minimum absolute atomic E-state index is 0.176. The summed E-state index contributed by atoms with van der Waals surface area (Å²) in [4.78, 5) is 15.4. The predicted octanol–water partition coefficient (Wildman–Crippen LogP) is 1.63. The van der Waals surface area contributed by atoms with E-state index in [1.54, 1.807) is 0 Å². The largest absolute Gasteiger partial charge is 0.370 e. The maximum atomic E-state index is 11.8. The normalized spacial score (nSPS) is 26.4. The zero-order valence-corrected chi connectivity index (χ0v) is 10.2. The van der Waals surface area contributed by atoms with Crippen LogP contribution in [-0.4, -0.2) is 11.9 Å². The molecule has 0 spiro atoms. The molecule has 1 fully saturated rings. The van der Waals surface area contributed by atoms with E-state index < -0.39 is 5.41 Å². The Balaban J connectivity index is 2.16. The van der Waals surface area contributed by atoms with E-state index in [2.05, 4.69) is 4.99 Å². The number of halogens is 1. The topological polar surface area (TPSA) is 81.5 Å². The Kier molecular flexibility index (Phi) is 2.83. The highest BCUT2D eigenvalue weighted by Crippen LogP contribution is 2.59. The molecule has 1 saturated carbocycles. The third-order valence-electron chi connectivity index (χ3n) is 3.23. The van der Waals surface area contributed by atoms with Crippen molar-refractivity contribution in [1.82, 2.24) is 0 Å². The van der Waals surface area contributed by atoms with Gasteiger partial charge in [0.1, 0.15) is 0 Å². The van der Waals surface area contributed by atoms with Gasteiger partial charge >= 0.3 is 0 Å². The quantitative estimate of drug-likeness (QED) is 0.619. The van der Waals surface area contributed by atoms with Gasteiger partial charge in [0.25, 0.3) is 5.91 Å². The Hall–Kier alpha value is -1.55. The summed E-state index contributed by atoms with van der Waals surface area (Å²) in [5.41, 5.74) is 11.0. The summed E-state index contributed by atoms with van der Waals surface area (Å²) < 4.78 is 0. The molecule has 0 radical (unpaired) electrons. The second-order valence-electron chi connectivity index (χ2n) is 4.57. The number of rotatable bonds is 2. The summed E-state index contributed by atoms with van der Waals surface area (Å²) in [7, 11) is 0. The maximum absolute atomic E-state index is 11.8. The lowest BCUT2D eigenvalue weighted by Gasteiger charge is -2.06. The fraction of sp³-hybridized carbons (Fsp3) is 0.333. The second-order valence-corrected chi connectivity index (χ2v) is 5.00. The average Bonchev–Trinajstić information content (AvgIpc) is 2.92. The van der Waals surface area contributed by atoms with Gasteiger partial charge in [-0.15, -0.1) is 0 Å². The molecule has 1 amide bonds. The van der Waals surface area contributed by atoms with E-state index in [9.17, 15) is 4.79 Å². The van der Waals surface area contributed by atoms with Crippen molar-refractivity contribution in [3.8, 4) is 0 Å². The first-order valence-electron chi connectivity index (χ1n) is 5.33. The molecule has 2 unspecified atom stereocenters. The SMILES string of the molecule is CC1(C(=O)N=C(N)N)CC1c1ccc(Cl)cc1. The van der Waals surface area contributed by atoms with E-state index in [1.165, 1.54) is 0 Å². The fourth-order valence-electron chi connectivity index (χ4n) is 2.03. The van der Waals surface area contributed by atoms with Crippen molar-refractivity contribution in [3.63, 3.8) is 0 Å². The van der Waals surface area contributed by atoms with Gasteiger partial charge in [0, 0.05) is 5.02 Å². The van der Waals surface area contributed by atoms with Crippen LogP contribution in [0.5, 0.6) is 0 Å². The van der Waals surface area contributed by atoms with E-state index in [1.807, 2.05) is 31.2 Å². The first kappa shape index (κ1) is 11.9. The zero-order valence-electron chi connectivity index (χ0n) is 9.48. The fourth-order valence-corrected chi connectivity index (χ4v) is 2.15. The third kappa shape index (κ3) is 2.26. The van der Waals surface area contributed by atoms with Crippen molar-refractivity contribution < 1.29 is 4.79 Å². The summed E-state index contributed by atoms with van der Waals surface area (Å²) in [6.07, 6.45) is 0.768. The molecule has 17 heavy (non-hydrogen) atoms. The molecule has 90 valence electrons. The molecular weight excluding hydrogens is 238 g/mol. The molecule has 0 heterocycles. The summed E-state index contributed by atoms with van der Waals surface area (Å²) in [6.45, 7) is 1.88. The number of nitrogens with zero attached hydrogens (tertiary/aromatic N) is 1. The van der Waals surface area contributed by atoms with Crippen molar-refractivity contribution in [2.45, 2.75) is 19.3 Å². The highest BCUT2D eigenvalue weighted by molar-refractivity contribution is 6.30. The van der Waals surface area contributed by atoms with Crippen molar-refractivity contribution in [2.24, 2.45) is 21.9 Å². The van der Waals surface area contributed by atoms with Crippen molar-refractivity contribution in [3.05, 3.63) is 34.9 Å². The van der Waals surface area contributed by atoms with Crippen LogP contribution in [0.2, 0.25) is 5.02 Å². The Morgan fingerprint density at radius 1 is 1.41 bits per heavy atom. The Labute approximate surface area is 105 Å². The highest BCUT2D eigenvalue weighted by atomic mass is 35.5. The van der Waals surface area contributed by atoms with Crippen LogP contribution in [0.15, 0.2) is 29.3 Å². The lowest BCUT2D eigenvalue weighted by atomic mass is 10.0. The molecule has 1 aromatic carbocycles. The molecule has 1 aliphatic carbocycles. The van der Waals surface area contributed by atoms with Gasteiger partial charge in [0.15, 0.2) is 5.96 Å². The maximum Gasteiger partial charge on any atom is 0.255 e. The van der Waals surface area contributed by atoms with Crippen molar-refractivity contribution in [1.29, 1.82) is 0 Å². The van der Waals surface area contributed by atoms with E-state index in [-0.39, 0.29) is 17.8 Å². The molecular formula is C12H14ClN3O. The van der Waals surface area contributed by atoms with Crippen LogP contribution < -0.4 is 11.5 Å². The molecule has 4 N–H and O–H groups in total. The van der Waals surface area contributed by atoms with E-state index in [4.69, 9.17) is 23.1 Å². The molecule has 0 bridgehead atoms.